The minimum absolute atomic E-state index is 0.128. The largest absolute Gasteiger partial charge is 0.495 e. The van der Waals surface area contributed by atoms with Crippen molar-refractivity contribution in [3.8, 4) is 5.75 Å². The number of halogens is 1. The molecule has 1 aromatic carbocycles. The number of carbonyl (C=O) groups excluding carboxylic acids is 1. The molecule has 0 spiro atoms. The molecule has 1 aliphatic heterocycles. The molecule has 2 heterocycles. The highest BCUT2D eigenvalue weighted by Gasteiger charge is 2.21. The molecule has 0 unspecified atom stereocenters. The molecule has 1 N–H and O–H groups in total. The first-order valence-corrected chi connectivity index (χ1v) is 8.10. The Bertz CT molecular complexity index is 703. The number of hydrogen-bond acceptors (Lipinski definition) is 4. The highest BCUT2D eigenvalue weighted by Crippen LogP contribution is 2.27. The van der Waals surface area contributed by atoms with Gasteiger partial charge < -0.3 is 19.9 Å². The lowest BCUT2D eigenvalue weighted by atomic mass is 10.3. The van der Waals surface area contributed by atoms with Crippen molar-refractivity contribution in [2.75, 3.05) is 43.5 Å². The average molecular weight is 347 g/mol. The van der Waals surface area contributed by atoms with Crippen molar-refractivity contribution in [1.82, 2.24) is 9.88 Å². The van der Waals surface area contributed by atoms with Crippen molar-refractivity contribution in [1.29, 1.82) is 0 Å². The molecular weight excluding hydrogens is 328 g/mol. The zero-order valence-corrected chi connectivity index (χ0v) is 14.2. The van der Waals surface area contributed by atoms with E-state index in [-0.39, 0.29) is 6.03 Å². The molecule has 0 aliphatic carbocycles. The number of hydrogen-bond donors (Lipinski definition) is 1. The molecule has 24 heavy (non-hydrogen) atoms. The number of methoxy groups -OCH3 is 1. The minimum Gasteiger partial charge on any atom is -0.495 e. The summed E-state index contributed by atoms with van der Waals surface area (Å²) < 4.78 is 5.11. The molecular formula is C17H19ClN4O2. The molecule has 1 saturated heterocycles. The number of pyridine rings is 1. The fourth-order valence-electron chi connectivity index (χ4n) is 2.63. The number of amides is 2. The molecule has 3 rings (SSSR count). The van der Waals surface area contributed by atoms with Crippen LogP contribution in [0, 0.1) is 0 Å². The van der Waals surface area contributed by atoms with E-state index in [1.54, 1.807) is 36.4 Å². The second-order valence-electron chi connectivity index (χ2n) is 5.44. The van der Waals surface area contributed by atoms with Gasteiger partial charge in [0, 0.05) is 38.1 Å². The Kier molecular flexibility index (Phi) is 5.05. The summed E-state index contributed by atoms with van der Waals surface area (Å²) in [5.41, 5.74) is 0.651. The Labute approximate surface area is 146 Å². The molecule has 0 radical (unpaired) electrons. The summed E-state index contributed by atoms with van der Waals surface area (Å²) in [4.78, 5) is 20.7. The molecule has 7 heteroatoms. The van der Waals surface area contributed by atoms with Crippen LogP contribution in [0.5, 0.6) is 5.75 Å². The van der Waals surface area contributed by atoms with E-state index in [1.165, 1.54) is 0 Å². The van der Waals surface area contributed by atoms with Gasteiger partial charge in [0.15, 0.2) is 0 Å². The Balaban J connectivity index is 1.56. The SMILES string of the molecule is COc1ccc(NC(=O)N2CCN(c3ccccn3)CC2)cc1Cl. The fraction of sp³-hybridized carbons (Fsp3) is 0.294. The monoisotopic (exact) mass is 346 g/mol. The van der Waals surface area contributed by atoms with E-state index >= 15 is 0 Å². The van der Waals surface area contributed by atoms with Gasteiger partial charge in [-0.05, 0) is 30.3 Å². The molecule has 1 aromatic heterocycles. The summed E-state index contributed by atoms with van der Waals surface area (Å²) >= 11 is 6.08. The summed E-state index contributed by atoms with van der Waals surface area (Å²) in [7, 11) is 1.56. The molecule has 1 fully saturated rings. The van der Waals surface area contributed by atoms with Crippen LogP contribution >= 0.6 is 11.6 Å². The third-order valence-electron chi connectivity index (χ3n) is 3.94. The summed E-state index contributed by atoms with van der Waals surface area (Å²) in [6, 6.07) is 10.9. The van der Waals surface area contributed by atoms with Crippen molar-refractivity contribution < 1.29 is 9.53 Å². The number of rotatable bonds is 3. The standard InChI is InChI=1S/C17H19ClN4O2/c1-24-15-6-5-13(12-14(15)18)20-17(23)22-10-8-21(9-11-22)16-4-2-3-7-19-16/h2-7,12H,8-11H2,1H3,(H,20,23). The highest BCUT2D eigenvalue weighted by atomic mass is 35.5. The second kappa shape index (κ2) is 7.40. The van der Waals surface area contributed by atoms with Gasteiger partial charge >= 0.3 is 6.03 Å². The zero-order valence-electron chi connectivity index (χ0n) is 13.4. The van der Waals surface area contributed by atoms with Crippen LogP contribution in [0.25, 0.3) is 0 Å². The number of anilines is 2. The maximum Gasteiger partial charge on any atom is 0.321 e. The minimum atomic E-state index is -0.128. The summed E-state index contributed by atoms with van der Waals surface area (Å²) in [6.07, 6.45) is 1.78. The van der Waals surface area contributed by atoms with Gasteiger partial charge in [0.05, 0.1) is 12.1 Å². The topological polar surface area (TPSA) is 57.7 Å². The number of nitrogens with zero attached hydrogens (tertiary/aromatic N) is 3. The van der Waals surface area contributed by atoms with Gasteiger partial charge in [0.1, 0.15) is 11.6 Å². The van der Waals surface area contributed by atoms with Crippen molar-refractivity contribution in [2.24, 2.45) is 0 Å². The number of carbonyl (C=O) groups is 1. The summed E-state index contributed by atoms with van der Waals surface area (Å²) in [5.74, 6) is 1.53. The van der Waals surface area contributed by atoms with Crippen LogP contribution in [-0.2, 0) is 0 Å². The average Bonchev–Trinajstić information content (AvgIpc) is 2.63. The van der Waals surface area contributed by atoms with Crippen LogP contribution < -0.4 is 15.0 Å². The lowest BCUT2D eigenvalue weighted by Crippen LogP contribution is -2.50. The normalized spacial score (nSPS) is 14.4. The molecule has 2 aromatic rings. The van der Waals surface area contributed by atoms with Gasteiger partial charge in [-0.3, -0.25) is 0 Å². The van der Waals surface area contributed by atoms with Gasteiger partial charge in [0.2, 0.25) is 0 Å². The van der Waals surface area contributed by atoms with Crippen LogP contribution in [0.1, 0.15) is 0 Å². The van der Waals surface area contributed by atoms with Crippen molar-refractivity contribution >= 4 is 29.1 Å². The molecule has 6 nitrogen and oxygen atoms in total. The number of aromatic nitrogens is 1. The van der Waals surface area contributed by atoms with E-state index in [4.69, 9.17) is 16.3 Å². The molecule has 0 bridgehead atoms. The molecule has 126 valence electrons. The summed E-state index contributed by atoms with van der Waals surface area (Å²) in [5, 5.41) is 3.34. The van der Waals surface area contributed by atoms with Crippen molar-refractivity contribution in [3.63, 3.8) is 0 Å². The number of urea groups is 1. The second-order valence-corrected chi connectivity index (χ2v) is 5.85. The Morgan fingerprint density at radius 3 is 2.62 bits per heavy atom. The van der Waals surface area contributed by atoms with E-state index < -0.39 is 0 Å². The number of nitrogens with one attached hydrogen (secondary N) is 1. The van der Waals surface area contributed by atoms with Gasteiger partial charge in [-0.1, -0.05) is 17.7 Å². The maximum atomic E-state index is 12.4. The molecule has 1 aliphatic rings. The molecule has 0 saturated carbocycles. The highest BCUT2D eigenvalue weighted by molar-refractivity contribution is 6.32. The van der Waals surface area contributed by atoms with Crippen LogP contribution in [-0.4, -0.2) is 49.2 Å². The predicted octanol–water partition coefficient (Wildman–Crippen LogP) is 3.10. The van der Waals surface area contributed by atoms with E-state index in [2.05, 4.69) is 15.2 Å². The predicted molar refractivity (Wildman–Crippen MR) is 95.0 cm³/mol. The van der Waals surface area contributed by atoms with Gasteiger partial charge in [-0.15, -0.1) is 0 Å². The molecule has 0 atom stereocenters. The van der Waals surface area contributed by atoms with Crippen LogP contribution in [0.3, 0.4) is 0 Å². The smallest absolute Gasteiger partial charge is 0.321 e. The van der Waals surface area contributed by atoms with Gasteiger partial charge in [-0.25, -0.2) is 9.78 Å². The van der Waals surface area contributed by atoms with E-state index in [9.17, 15) is 4.79 Å². The van der Waals surface area contributed by atoms with Crippen LogP contribution in [0.15, 0.2) is 42.6 Å². The van der Waals surface area contributed by atoms with E-state index in [1.807, 2.05) is 18.2 Å². The Hall–Kier alpha value is -2.47. The Morgan fingerprint density at radius 2 is 2.00 bits per heavy atom. The van der Waals surface area contributed by atoms with Crippen molar-refractivity contribution in [2.45, 2.75) is 0 Å². The number of benzene rings is 1. The first-order valence-electron chi connectivity index (χ1n) is 7.73. The Morgan fingerprint density at radius 1 is 1.21 bits per heavy atom. The first kappa shape index (κ1) is 16.4. The van der Waals surface area contributed by atoms with Crippen molar-refractivity contribution in [3.05, 3.63) is 47.6 Å². The zero-order chi connectivity index (χ0) is 16.9. The third-order valence-corrected chi connectivity index (χ3v) is 4.24. The maximum absolute atomic E-state index is 12.4. The van der Waals surface area contributed by atoms with Gasteiger partial charge in [0.25, 0.3) is 0 Å². The van der Waals surface area contributed by atoms with E-state index in [0.29, 0.717) is 29.5 Å². The fourth-order valence-corrected chi connectivity index (χ4v) is 2.88. The lowest BCUT2D eigenvalue weighted by molar-refractivity contribution is 0.208. The van der Waals surface area contributed by atoms with Crippen LogP contribution in [0.4, 0.5) is 16.3 Å². The third kappa shape index (κ3) is 3.71. The first-order chi connectivity index (χ1) is 11.7. The number of piperazine rings is 1. The lowest BCUT2D eigenvalue weighted by Gasteiger charge is -2.35. The number of ether oxygens (including phenoxy) is 1. The quantitative estimate of drug-likeness (QED) is 0.927. The van der Waals surface area contributed by atoms with E-state index in [0.717, 1.165) is 18.9 Å². The van der Waals surface area contributed by atoms with Crippen LogP contribution in [0.2, 0.25) is 5.02 Å². The summed E-state index contributed by atoms with van der Waals surface area (Å²) in [6.45, 7) is 2.81. The molecule has 2 amide bonds. The van der Waals surface area contributed by atoms with Gasteiger partial charge in [-0.2, -0.15) is 0 Å².